The van der Waals surface area contributed by atoms with Crippen LogP contribution < -0.4 is 5.73 Å². The minimum absolute atomic E-state index is 0.0914. The van der Waals surface area contributed by atoms with E-state index in [1.165, 1.54) is 4.90 Å². The SMILES string of the molecule is NC(CCN(CC(F)(F)F)C1CC1)c1ccc(Br)cc1. The largest absolute Gasteiger partial charge is 0.401 e. The maximum atomic E-state index is 12.5. The van der Waals surface area contributed by atoms with Crippen LogP contribution in [0.1, 0.15) is 30.9 Å². The molecule has 0 aromatic heterocycles. The summed E-state index contributed by atoms with van der Waals surface area (Å²) in [5, 5.41) is 0. The average Bonchev–Trinajstić information content (AvgIpc) is 3.17. The van der Waals surface area contributed by atoms with Gasteiger partial charge in [-0.05, 0) is 37.0 Å². The summed E-state index contributed by atoms with van der Waals surface area (Å²) in [4.78, 5) is 1.51. The van der Waals surface area contributed by atoms with Gasteiger partial charge in [-0.3, -0.25) is 4.90 Å². The van der Waals surface area contributed by atoms with Crippen molar-refractivity contribution in [2.24, 2.45) is 5.73 Å². The molecule has 0 heterocycles. The zero-order valence-electron chi connectivity index (χ0n) is 11.0. The van der Waals surface area contributed by atoms with E-state index >= 15 is 0 Å². The summed E-state index contributed by atoms with van der Waals surface area (Å²) in [6.45, 7) is -0.438. The van der Waals surface area contributed by atoms with Gasteiger partial charge in [-0.25, -0.2) is 0 Å². The van der Waals surface area contributed by atoms with Gasteiger partial charge < -0.3 is 5.73 Å². The Morgan fingerprint density at radius 1 is 1.25 bits per heavy atom. The van der Waals surface area contributed by atoms with Crippen molar-refractivity contribution in [3.8, 4) is 0 Å². The Labute approximate surface area is 125 Å². The number of nitrogens with two attached hydrogens (primary N) is 1. The van der Waals surface area contributed by atoms with Crippen molar-refractivity contribution < 1.29 is 13.2 Å². The molecule has 1 aliphatic carbocycles. The summed E-state index contributed by atoms with van der Waals surface area (Å²) in [7, 11) is 0. The van der Waals surface area contributed by atoms with E-state index in [1.807, 2.05) is 24.3 Å². The Bertz CT molecular complexity index is 429. The summed E-state index contributed by atoms with van der Waals surface area (Å²) in [6, 6.07) is 7.46. The Kier molecular flexibility index (Phi) is 5.09. The number of hydrogen-bond acceptors (Lipinski definition) is 2. The van der Waals surface area contributed by atoms with Crippen LogP contribution in [0.25, 0.3) is 0 Å². The van der Waals surface area contributed by atoms with Gasteiger partial charge in [0.1, 0.15) is 0 Å². The maximum absolute atomic E-state index is 12.5. The van der Waals surface area contributed by atoms with E-state index in [-0.39, 0.29) is 12.1 Å². The maximum Gasteiger partial charge on any atom is 0.401 e. The first-order valence-electron chi connectivity index (χ1n) is 6.67. The van der Waals surface area contributed by atoms with Gasteiger partial charge in [0.05, 0.1) is 6.54 Å². The molecule has 1 aromatic rings. The molecule has 1 unspecified atom stereocenters. The van der Waals surface area contributed by atoms with Crippen LogP contribution in [-0.2, 0) is 0 Å². The van der Waals surface area contributed by atoms with E-state index < -0.39 is 12.7 Å². The molecule has 112 valence electrons. The predicted octanol–water partition coefficient (Wildman–Crippen LogP) is 3.87. The Balaban J connectivity index is 1.87. The lowest BCUT2D eigenvalue weighted by Gasteiger charge is -2.25. The van der Waals surface area contributed by atoms with Crippen molar-refractivity contribution in [2.45, 2.75) is 37.5 Å². The number of hydrogen-bond donors (Lipinski definition) is 1. The highest BCUT2D eigenvalue weighted by atomic mass is 79.9. The second-order valence-corrected chi connectivity index (χ2v) is 6.18. The molecule has 0 spiro atoms. The second-order valence-electron chi connectivity index (χ2n) is 5.26. The first kappa shape index (κ1) is 15.8. The molecule has 1 aromatic carbocycles. The number of nitrogens with zero attached hydrogens (tertiary/aromatic N) is 1. The van der Waals surface area contributed by atoms with Crippen LogP contribution >= 0.6 is 15.9 Å². The van der Waals surface area contributed by atoms with Crippen molar-refractivity contribution in [1.29, 1.82) is 0 Å². The molecule has 1 fully saturated rings. The van der Waals surface area contributed by atoms with Crippen molar-refractivity contribution >= 4 is 15.9 Å². The van der Waals surface area contributed by atoms with E-state index in [0.29, 0.717) is 13.0 Å². The van der Waals surface area contributed by atoms with E-state index in [1.54, 1.807) is 0 Å². The zero-order chi connectivity index (χ0) is 14.8. The highest BCUT2D eigenvalue weighted by molar-refractivity contribution is 9.10. The van der Waals surface area contributed by atoms with Crippen LogP contribution in [0, 0.1) is 0 Å². The van der Waals surface area contributed by atoms with Crippen LogP contribution in [0.3, 0.4) is 0 Å². The third-order valence-electron chi connectivity index (χ3n) is 3.47. The zero-order valence-corrected chi connectivity index (χ0v) is 12.6. The molecular formula is C14H18BrF3N2. The smallest absolute Gasteiger partial charge is 0.324 e. The quantitative estimate of drug-likeness (QED) is 0.843. The molecule has 1 atom stereocenters. The van der Waals surface area contributed by atoms with E-state index in [9.17, 15) is 13.2 Å². The lowest BCUT2D eigenvalue weighted by atomic mass is 10.0. The molecule has 2 N–H and O–H groups in total. The molecule has 2 nitrogen and oxygen atoms in total. The van der Waals surface area contributed by atoms with Gasteiger partial charge in [0.25, 0.3) is 0 Å². The third-order valence-corrected chi connectivity index (χ3v) is 4.00. The van der Waals surface area contributed by atoms with Gasteiger partial charge in [0.15, 0.2) is 0 Å². The van der Waals surface area contributed by atoms with E-state index in [4.69, 9.17) is 5.73 Å². The number of halogens is 4. The highest BCUT2D eigenvalue weighted by Crippen LogP contribution is 2.31. The molecule has 2 rings (SSSR count). The molecule has 0 radical (unpaired) electrons. The minimum Gasteiger partial charge on any atom is -0.324 e. The Morgan fingerprint density at radius 2 is 1.85 bits per heavy atom. The molecule has 0 saturated heterocycles. The molecule has 1 saturated carbocycles. The normalized spacial score (nSPS) is 17.5. The fourth-order valence-corrected chi connectivity index (χ4v) is 2.51. The van der Waals surface area contributed by atoms with E-state index in [2.05, 4.69) is 15.9 Å². The van der Waals surface area contributed by atoms with Crippen molar-refractivity contribution in [3.63, 3.8) is 0 Å². The average molecular weight is 351 g/mol. The highest BCUT2D eigenvalue weighted by Gasteiger charge is 2.37. The number of rotatable bonds is 6. The molecule has 20 heavy (non-hydrogen) atoms. The summed E-state index contributed by atoms with van der Waals surface area (Å²) in [6.07, 6.45) is -1.87. The lowest BCUT2D eigenvalue weighted by Crippen LogP contribution is -2.37. The first-order chi connectivity index (χ1) is 9.35. The molecule has 6 heteroatoms. The molecule has 0 aliphatic heterocycles. The van der Waals surface area contributed by atoms with Crippen LogP contribution in [0.15, 0.2) is 28.7 Å². The summed E-state index contributed by atoms with van der Waals surface area (Å²) < 4.78 is 38.5. The topological polar surface area (TPSA) is 29.3 Å². The van der Waals surface area contributed by atoms with Gasteiger partial charge in [-0.15, -0.1) is 0 Å². The van der Waals surface area contributed by atoms with Crippen molar-refractivity contribution in [3.05, 3.63) is 34.3 Å². The second kappa shape index (κ2) is 6.45. The molecule has 0 amide bonds. The van der Waals surface area contributed by atoms with Crippen molar-refractivity contribution in [2.75, 3.05) is 13.1 Å². The monoisotopic (exact) mass is 350 g/mol. The van der Waals surface area contributed by atoms with Gasteiger partial charge in [-0.1, -0.05) is 28.1 Å². The standard InChI is InChI=1S/C14H18BrF3N2/c15-11-3-1-10(2-4-11)13(19)7-8-20(12-5-6-12)9-14(16,17)18/h1-4,12-13H,5-9,19H2. The van der Waals surface area contributed by atoms with Gasteiger partial charge >= 0.3 is 6.18 Å². The summed E-state index contributed by atoms with van der Waals surface area (Å²) in [5.41, 5.74) is 7.01. The lowest BCUT2D eigenvalue weighted by molar-refractivity contribution is -0.147. The molecule has 0 bridgehead atoms. The van der Waals surface area contributed by atoms with Crippen LogP contribution in [0.5, 0.6) is 0 Å². The molecular weight excluding hydrogens is 333 g/mol. The van der Waals surface area contributed by atoms with Crippen molar-refractivity contribution in [1.82, 2.24) is 4.90 Å². The van der Waals surface area contributed by atoms with E-state index in [0.717, 1.165) is 22.9 Å². The Hall–Kier alpha value is -0.590. The number of benzene rings is 1. The summed E-state index contributed by atoms with van der Waals surface area (Å²) in [5.74, 6) is 0. The first-order valence-corrected chi connectivity index (χ1v) is 7.46. The predicted molar refractivity (Wildman–Crippen MR) is 76.3 cm³/mol. The van der Waals surface area contributed by atoms with Gasteiger partial charge in [-0.2, -0.15) is 13.2 Å². The van der Waals surface area contributed by atoms with Gasteiger partial charge in [0, 0.05) is 23.1 Å². The molecule has 1 aliphatic rings. The van der Waals surface area contributed by atoms with Crippen LogP contribution in [-0.4, -0.2) is 30.2 Å². The van der Waals surface area contributed by atoms with Crippen LogP contribution in [0.4, 0.5) is 13.2 Å². The fourth-order valence-electron chi connectivity index (χ4n) is 2.24. The number of alkyl halides is 3. The minimum atomic E-state index is -4.13. The summed E-state index contributed by atoms with van der Waals surface area (Å²) >= 11 is 3.34. The van der Waals surface area contributed by atoms with Crippen LogP contribution in [0.2, 0.25) is 0 Å². The third kappa shape index (κ3) is 5.07. The Morgan fingerprint density at radius 3 is 2.35 bits per heavy atom. The fraction of sp³-hybridized carbons (Fsp3) is 0.571. The van der Waals surface area contributed by atoms with Gasteiger partial charge in [0.2, 0.25) is 0 Å².